The second-order valence-corrected chi connectivity index (χ2v) is 15.3. The minimum atomic E-state index is -0.821. The van der Waals surface area contributed by atoms with Crippen molar-refractivity contribution in [3.05, 3.63) is 95.6 Å². The van der Waals surface area contributed by atoms with Crippen LogP contribution in [0.25, 0.3) is 33.0 Å². The van der Waals surface area contributed by atoms with Gasteiger partial charge in [0.15, 0.2) is 0 Å². The predicted octanol–water partition coefficient (Wildman–Crippen LogP) is 14.8. The Balaban J connectivity index is 1.70. The van der Waals surface area contributed by atoms with Crippen molar-refractivity contribution < 1.29 is 5.11 Å². The second kappa shape index (κ2) is 18.4. The van der Waals surface area contributed by atoms with Crippen LogP contribution in [-0.4, -0.2) is 5.11 Å². The number of benzene rings is 4. The van der Waals surface area contributed by atoms with Crippen LogP contribution in [0, 0.1) is 0 Å². The molecule has 264 valence electrons. The van der Waals surface area contributed by atoms with Gasteiger partial charge in [-0.2, -0.15) is 0 Å². The Morgan fingerprint density at radius 1 is 0.469 bits per heavy atom. The molecule has 4 aromatic rings. The third kappa shape index (κ3) is 8.36. The Kier molecular flexibility index (Phi) is 14.0. The SMILES string of the molecule is CCCCCCC(O)(CCCCCC)c1ccccc1-c1cc2c(c3ccccc13)-c1ccccc1C2(CCCCCC)CCCCCC. The first kappa shape index (κ1) is 37.4. The lowest BCUT2D eigenvalue weighted by atomic mass is 9.69. The fourth-order valence-electron chi connectivity index (χ4n) is 9.11. The summed E-state index contributed by atoms with van der Waals surface area (Å²) in [6.45, 7) is 9.20. The summed E-state index contributed by atoms with van der Waals surface area (Å²) in [5.41, 5.74) is 8.89. The van der Waals surface area contributed by atoms with Gasteiger partial charge in [-0.25, -0.2) is 0 Å². The second-order valence-electron chi connectivity index (χ2n) is 15.3. The summed E-state index contributed by atoms with van der Waals surface area (Å²) in [5, 5.41) is 15.5. The van der Waals surface area contributed by atoms with Crippen LogP contribution in [0.15, 0.2) is 78.9 Å². The lowest BCUT2D eigenvalue weighted by Crippen LogP contribution is -2.27. The molecular formula is C48H66O. The van der Waals surface area contributed by atoms with Gasteiger partial charge in [-0.05, 0) is 81.5 Å². The van der Waals surface area contributed by atoms with Crippen molar-refractivity contribution in [1.82, 2.24) is 0 Å². The Labute approximate surface area is 300 Å². The average Bonchev–Trinajstić information content (AvgIpc) is 3.41. The fraction of sp³-hybridized carbons (Fsp3) is 0.542. The van der Waals surface area contributed by atoms with Crippen LogP contribution in [0.5, 0.6) is 0 Å². The Morgan fingerprint density at radius 3 is 1.55 bits per heavy atom. The maximum absolute atomic E-state index is 12.8. The number of unbranched alkanes of at least 4 members (excludes halogenated alkanes) is 12. The van der Waals surface area contributed by atoms with E-state index in [0.717, 1.165) is 31.2 Å². The van der Waals surface area contributed by atoms with Gasteiger partial charge < -0.3 is 5.11 Å². The molecule has 0 spiro atoms. The molecule has 0 aromatic heterocycles. The van der Waals surface area contributed by atoms with Crippen molar-refractivity contribution in [3.8, 4) is 22.3 Å². The van der Waals surface area contributed by atoms with Crippen LogP contribution in [0.2, 0.25) is 0 Å². The molecule has 1 aliphatic carbocycles. The summed E-state index contributed by atoms with van der Waals surface area (Å²) < 4.78 is 0. The number of fused-ring (bicyclic) bond motifs is 5. The number of aliphatic hydroxyl groups is 1. The number of rotatable bonds is 22. The minimum Gasteiger partial charge on any atom is -0.385 e. The standard InChI is InChI=1S/C48H66O/c1-5-9-13-23-33-47(34-24-14-10-6-2)43-31-21-20-30-41(43)46-40-29-18-17-27-38(40)42(37-45(46)47)39-28-19-22-32-44(39)48(49,35-25-15-11-7-3)36-26-16-12-8-4/h17-22,27-32,37,49H,5-16,23-26,33-36H2,1-4H3. The highest BCUT2D eigenvalue weighted by atomic mass is 16.3. The molecule has 0 bridgehead atoms. The van der Waals surface area contributed by atoms with Gasteiger partial charge in [0.25, 0.3) is 0 Å². The molecule has 0 saturated carbocycles. The third-order valence-corrected chi connectivity index (χ3v) is 11.8. The van der Waals surface area contributed by atoms with Crippen molar-refractivity contribution >= 4 is 10.8 Å². The van der Waals surface area contributed by atoms with Gasteiger partial charge in [0.2, 0.25) is 0 Å². The molecule has 0 unspecified atom stereocenters. The van der Waals surface area contributed by atoms with Gasteiger partial charge >= 0.3 is 0 Å². The highest BCUT2D eigenvalue weighted by molar-refractivity contribution is 6.09. The fourth-order valence-corrected chi connectivity index (χ4v) is 9.11. The van der Waals surface area contributed by atoms with E-state index in [-0.39, 0.29) is 5.41 Å². The van der Waals surface area contributed by atoms with Gasteiger partial charge in [-0.3, -0.25) is 0 Å². The first-order valence-corrected chi connectivity index (χ1v) is 20.5. The molecule has 0 radical (unpaired) electrons. The van der Waals surface area contributed by atoms with Crippen molar-refractivity contribution in [1.29, 1.82) is 0 Å². The molecular weight excluding hydrogens is 593 g/mol. The lowest BCUT2D eigenvalue weighted by Gasteiger charge is -2.34. The monoisotopic (exact) mass is 659 g/mol. The molecule has 0 saturated heterocycles. The summed E-state index contributed by atoms with van der Waals surface area (Å²) in [5.74, 6) is 0. The molecule has 0 amide bonds. The van der Waals surface area contributed by atoms with E-state index in [4.69, 9.17) is 0 Å². The highest BCUT2D eigenvalue weighted by Gasteiger charge is 2.43. The zero-order chi connectivity index (χ0) is 34.5. The molecule has 1 nitrogen and oxygen atoms in total. The summed E-state index contributed by atoms with van der Waals surface area (Å²) in [6.07, 6.45) is 23.8. The van der Waals surface area contributed by atoms with Crippen molar-refractivity contribution in [2.24, 2.45) is 0 Å². The molecule has 4 aromatic carbocycles. The summed E-state index contributed by atoms with van der Waals surface area (Å²) >= 11 is 0. The van der Waals surface area contributed by atoms with Crippen LogP contribution < -0.4 is 0 Å². The van der Waals surface area contributed by atoms with Gasteiger partial charge in [0.1, 0.15) is 0 Å². The lowest BCUT2D eigenvalue weighted by molar-refractivity contribution is 0.0138. The molecule has 1 N–H and O–H groups in total. The zero-order valence-corrected chi connectivity index (χ0v) is 31.6. The van der Waals surface area contributed by atoms with E-state index >= 15 is 0 Å². The van der Waals surface area contributed by atoms with E-state index in [2.05, 4.69) is 107 Å². The summed E-state index contributed by atoms with van der Waals surface area (Å²) in [7, 11) is 0. The van der Waals surface area contributed by atoms with Crippen LogP contribution in [0.3, 0.4) is 0 Å². The quantitative estimate of drug-likeness (QED) is 0.0833. The van der Waals surface area contributed by atoms with Crippen LogP contribution in [0.1, 0.15) is 173 Å². The van der Waals surface area contributed by atoms with E-state index in [1.54, 1.807) is 11.1 Å². The normalized spacial score (nSPS) is 13.6. The number of hydrogen-bond donors (Lipinski definition) is 1. The maximum Gasteiger partial charge on any atom is 0.0902 e. The third-order valence-electron chi connectivity index (χ3n) is 11.8. The van der Waals surface area contributed by atoms with Gasteiger partial charge in [-0.15, -0.1) is 0 Å². The molecule has 0 fully saturated rings. The topological polar surface area (TPSA) is 20.2 Å². The van der Waals surface area contributed by atoms with Gasteiger partial charge in [0.05, 0.1) is 5.60 Å². The van der Waals surface area contributed by atoms with E-state index in [1.165, 1.54) is 136 Å². The van der Waals surface area contributed by atoms with E-state index in [9.17, 15) is 5.11 Å². The maximum atomic E-state index is 12.8. The highest BCUT2D eigenvalue weighted by Crippen LogP contribution is 2.58. The Bertz CT molecular complexity index is 1570. The Morgan fingerprint density at radius 2 is 0.959 bits per heavy atom. The first-order chi connectivity index (χ1) is 24.0. The van der Waals surface area contributed by atoms with Crippen LogP contribution in [0.4, 0.5) is 0 Å². The molecule has 0 aliphatic heterocycles. The van der Waals surface area contributed by atoms with Gasteiger partial charge in [-0.1, -0.05) is 203 Å². The first-order valence-electron chi connectivity index (χ1n) is 20.5. The van der Waals surface area contributed by atoms with E-state index < -0.39 is 5.60 Å². The predicted molar refractivity (Wildman–Crippen MR) is 215 cm³/mol. The summed E-state index contributed by atoms with van der Waals surface area (Å²) in [4.78, 5) is 0. The van der Waals surface area contributed by atoms with Crippen LogP contribution in [-0.2, 0) is 11.0 Å². The molecule has 49 heavy (non-hydrogen) atoms. The molecule has 0 atom stereocenters. The molecule has 0 heterocycles. The van der Waals surface area contributed by atoms with E-state index in [0.29, 0.717) is 0 Å². The number of hydrogen-bond acceptors (Lipinski definition) is 1. The summed E-state index contributed by atoms with van der Waals surface area (Å²) in [6, 6.07) is 30.1. The largest absolute Gasteiger partial charge is 0.385 e. The zero-order valence-electron chi connectivity index (χ0n) is 31.6. The molecule has 5 rings (SSSR count). The Hall–Kier alpha value is -2.90. The molecule has 1 heteroatoms. The average molecular weight is 659 g/mol. The molecule has 1 aliphatic rings. The smallest absolute Gasteiger partial charge is 0.0902 e. The van der Waals surface area contributed by atoms with E-state index in [1.807, 2.05) is 0 Å². The van der Waals surface area contributed by atoms with Crippen molar-refractivity contribution in [3.63, 3.8) is 0 Å². The minimum absolute atomic E-state index is 0.0255. The van der Waals surface area contributed by atoms with Gasteiger partial charge in [0, 0.05) is 5.41 Å². The van der Waals surface area contributed by atoms with Crippen LogP contribution >= 0.6 is 0 Å². The van der Waals surface area contributed by atoms with Crippen molar-refractivity contribution in [2.75, 3.05) is 0 Å². The van der Waals surface area contributed by atoms with Crippen molar-refractivity contribution in [2.45, 2.75) is 167 Å².